The molecule has 0 aliphatic heterocycles. The molecule has 1 aliphatic carbocycles. The number of nitrogens with one attached hydrogen (secondary N) is 1. The highest BCUT2D eigenvalue weighted by atomic mass is 35.5. The number of hydrogen-bond acceptors (Lipinski definition) is 3. The molecular weight excluding hydrogens is 325 g/mol. The second-order valence-electron chi connectivity index (χ2n) is 5.86. The number of carbonyl (C=O) groups excluding carboxylic acids is 1. The van der Waals surface area contributed by atoms with Gasteiger partial charge in [0.2, 0.25) is 0 Å². The number of carbonyl (C=O) groups is 1. The maximum absolute atomic E-state index is 11.9. The van der Waals surface area contributed by atoms with Gasteiger partial charge in [0.15, 0.2) is 6.61 Å². The van der Waals surface area contributed by atoms with E-state index in [0.29, 0.717) is 22.3 Å². The first kappa shape index (κ1) is 17.4. The summed E-state index contributed by atoms with van der Waals surface area (Å²) in [6.07, 6.45) is 5.30. The van der Waals surface area contributed by atoms with Crippen LogP contribution < -0.4 is 10.1 Å². The van der Waals surface area contributed by atoms with Crippen LogP contribution in [-0.2, 0) is 4.79 Å². The molecule has 2 N–H and O–H groups in total. The number of ether oxygens (including phenoxy) is 1. The van der Waals surface area contributed by atoms with Crippen molar-refractivity contribution in [1.29, 1.82) is 0 Å². The first-order valence-corrected chi connectivity index (χ1v) is 8.26. The fourth-order valence-corrected chi connectivity index (χ4v) is 3.09. The molecule has 0 atom stereocenters. The van der Waals surface area contributed by atoms with Crippen LogP contribution in [0.4, 0.5) is 0 Å². The molecule has 0 unspecified atom stereocenters. The van der Waals surface area contributed by atoms with Crippen molar-refractivity contribution in [1.82, 2.24) is 5.32 Å². The van der Waals surface area contributed by atoms with Gasteiger partial charge >= 0.3 is 0 Å². The van der Waals surface area contributed by atoms with Gasteiger partial charge in [-0.2, -0.15) is 0 Å². The minimum Gasteiger partial charge on any atom is -0.482 e. The van der Waals surface area contributed by atoms with Crippen molar-refractivity contribution >= 4 is 29.1 Å². The van der Waals surface area contributed by atoms with E-state index >= 15 is 0 Å². The maximum Gasteiger partial charge on any atom is 0.257 e. The molecule has 4 nitrogen and oxygen atoms in total. The molecule has 122 valence electrons. The number of aliphatic hydroxyl groups excluding tert-OH is 1. The largest absolute Gasteiger partial charge is 0.482 e. The minimum atomic E-state index is -0.227. The minimum absolute atomic E-state index is 0.105. The molecule has 1 fully saturated rings. The fraction of sp³-hybridized carbons (Fsp3) is 0.562. The van der Waals surface area contributed by atoms with E-state index in [-0.39, 0.29) is 24.5 Å². The Labute approximate surface area is 140 Å². The van der Waals surface area contributed by atoms with Gasteiger partial charge in [-0.15, -0.1) is 0 Å². The van der Waals surface area contributed by atoms with Crippen molar-refractivity contribution in [2.24, 2.45) is 5.41 Å². The van der Waals surface area contributed by atoms with Crippen LogP contribution >= 0.6 is 23.2 Å². The Bertz CT molecular complexity index is 516. The summed E-state index contributed by atoms with van der Waals surface area (Å²) in [4.78, 5) is 11.9. The summed E-state index contributed by atoms with van der Waals surface area (Å²) < 4.78 is 5.39. The van der Waals surface area contributed by atoms with Crippen LogP contribution in [-0.4, -0.2) is 30.8 Å². The van der Waals surface area contributed by atoms with E-state index in [9.17, 15) is 9.90 Å². The average molecular weight is 346 g/mol. The summed E-state index contributed by atoms with van der Waals surface area (Å²) in [6, 6.07) is 4.86. The Morgan fingerprint density at radius 2 is 2.00 bits per heavy atom. The molecule has 0 heterocycles. The number of halogens is 2. The predicted molar refractivity (Wildman–Crippen MR) is 87.6 cm³/mol. The van der Waals surface area contributed by atoms with Crippen LogP contribution in [0.15, 0.2) is 18.2 Å². The zero-order valence-electron chi connectivity index (χ0n) is 12.4. The third kappa shape index (κ3) is 4.77. The number of aliphatic hydroxyl groups is 1. The van der Waals surface area contributed by atoms with Gasteiger partial charge in [-0.25, -0.2) is 0 Å². The molecule has 1 aliphatic rings. The molecule has 1 saturated carbocycles. The SMILES string of the molecule is O=C(COc1cc(Cl)ccc1Cl)NCC1(CO)CCCCC1. The summed E-state index contributed by atoms with van der Waals surface area (Å²) >= 11 is 11.8. The predicted octanol–water partition coefficient (Wildman–Crippen LogP) is 3.43. The highest BCUT2D eigenvalue weighted by Gasteiger charge is 2.31. The quantitative estimate of drug-likeness (QED) is 0.830. The molecule has 0 bridgehead atoms. The van der Waals surface area contributed by atoms with Gasteiger partial charge in [0.05, 0.1) is 11.6 Å². The smallest absolute Gasteiger partial charge is 0.257 e. The van der Waals surface area contributed by atoms with E-state index in [1.54, 1.807) is 18.2 Å². The zero-order chi connectivity index (χ0) is 16.0. The average Bonchev–Trinajstić information content (AvgIpc) is 2.54. The molecule has 0 spiro atoms. The standard InChI is InChI=1S/C16H21Cl2NO3/c17-12-4-5-13(18)14(8-12)22-9-15(21)19-10-16(11-20)6-2-1-3-7-16/h4-5,8,20H,1-3,6-7,9-11H2,(H,19,21). The van der Waals surface area contributed by atoms with E-state index in [2.05, 4.69) is 5.32 Å². The van der Waals surface area contributed by atoms with Gasteiger partial charge < -0.3 is 15.2 Å². The molecule has 2 rings (SSSR count). The summed E-state index contributed by atoms with van der Waals surface area (Å²) in [5, 5.41) is 13.4. The van der Waals surface area contributed by atoms with Crippen molar-refractivity contribution in [2.45, 2.75) is 32.1 Å². The molecule has 1 amide bonds. The Hall–Kier alpha value is -0.970. The van der Waals surface area contributed by atoms with E-state index < -0.39 is 0 Å². The maximum atomic E-state index is 11.9. The van der Waals surface area contributed by atoms with Crippen LogP contribution in [0, 0.1) is 5.41 Å². The van der Waals surface area contributed by atoms with E-state index in [0.717, 1.165) is 25.7 Å². The molecule has 0 saturated heterocycles. The second kappa shape index (κ2) is 8.04. The van der Waals surface area contributed by atoms with Crippen molar-refractivity contribution in [3.63, 3.8) is 0 Å². The third-order valence-corrected chi connectivity index (χ3v) is 4.71. The third-order valence-electron chi connectivity index (χ3n) is 4.16. The van der Waals surface area contributed by atoms with Crippen LogP contribution in [0.5, 0.6) is 5.75 Å². The lowest BCUT2D eigenvalue weighted by atomic mass is 9.74. The highest BCUT2D eigenvalue weighted by molar-refractivity contribution is 6.34. The normalized spacial score (nSPS) is 17.0. The van der Waals surface area contributed by atoms with Crippen molar-refractivity contribution in [3.8, 4) is 5.75 Å². The van der Waals surface area contributed by atoms with Crippen LogP contribution in [0.3, 0.4) is 0 Å². The highest BCUT2D eigenvalue weighted by Crippen LogP contribution is 2.35. The van der Waals surface area contributed by atoms with Gasteiger partial charge in [0.1, 0.15) is 5.75 Å². The second-order valence-corrected chi connectivity index (χ2v) is 6.70. The number of amides is 1. The lowest BCUT2D eigenvalue weighted by Gasteiger charge is -2.35. The molecule has 0 aromatic heterocycles. The van der Waals surface area contributed by atoms with Gasteiger partial charge in [0, 0.05) is 23.0 Å². The lowest BCUT2D eigenvalue weighted by molar-refractivity contribution is -0.123. The molecular formula is C16H21Cl2NO3. The van der Waals surface area contributed by atoms with Crippen LogP contribution in [0.1, 0.15) is 32.1 Å². The molecule has 6 heteroatoms. The summed E-state index contributed by atoms with van der Waals surface area (Å²) in [6.45, 7) is 0.463. The monoisotopic (exact) mass is 345 g/mol. The van der Waals surface area contributed by atoms with Crippen LogP contribution in [0.2, 0.25) is 10.0 Å². The Morgan fingerprint density at radius 3 is 2.68 bits per heavy atom. The first-order valence-electron chi connectivity index (χ1n) is 7.50. The van der Waals surface area contributed by atoms with Gasteiger partial charge in [-0.1, -0.05) is 42.5 Å². The lowest BCUT2D eigenvalue weighted by Crippen LogP contribution is -2.42. The van der Waals surface area contributed by atoms with Gasteiger partial charge in [-0.05, 0) is 25.0 Å². The first-order chi connectivity index (χ1) is 10.5. The number of hydrogen-bond donors (Lipinski definition) is 2. The molecule has 22 heavy (non-hydrogen) atoms. The molecule has 1 aromatic carbocycles. The fourth-order valence-electron chi connectivity index (χ4n) is 2.76. The van der Waals surface area contributed by atoms with Crippen molar-refractivity contribution < 1.29 is 14.6 Å². The topological polar surface area (TPSA) is 58.6 Å². The van der Waals surface area contributed by atoms with Crippen molar-refractivity contribution in [3.05, 3.63) is 28.2 Å². The molecule has 0 radical (unpaired) electrons. The summed E-state index contributed by atoms with van der Waals surface area (Å²) in [5.74, 6) is 0.160. The Balaban J connectivity index is 1.81. The van der Waals surface area contributed by atoms with E-state index in [1.165, 1.54) is 6.42 Å². The van der Waals surface area contributed by atoms with Crippen molar-refractivity contribution in [2.75, 3.05) is 19.8 Å². The zero-order valence-corrected chi connectivity index (χ0v) is 13.9. The van der Waals surface area contributed by atoms with E-state index in [1.807, 2.05) is 0 Å². The Kier molecular flexibility index (Phi) is 6.36. The molecule has 1 aromatic rings. The van der Waals surface area contributed by atoms with Crippen LogP contribution in [0.25, 0.3) is 0 Å². The van der Waals surface area contributed by atoms with Gasteiger partial charge in [-0.3, -0.25) is 4.79 Å². The summed E-state index contributed by atoms with van der Waals surface area (Å²) in [7, 11) is 0. The number of benzene rings is 1. The van der Waals surface area contributed by atoms with E-state index in [4.69, 9.17) is 27.9 Å². The Morgan fingerprint density at radius 1 is 1.27 bits per heavy atom. The number of rotatable bonds is 6. The van der Waals surface area contributed by atoms with Gasteiger partial charge in [0.25, 0.3) is 5.91 Å². The summed E-state index contributed by atoms with van der Waals surface area (Å²) in [5.41, 5.74) is -0.179.